The van der Waals surface area contributed by atoms with E-state index in [4.69, 9.17) is 4.74 Å². The van der Waals surface area contributed by atoms with E-state index < -0.39 is 0 Å². The number of anilines is 1. The predicted octanol–water partition coefficient (Wildman–Crippen LogP) is 1.15. The number of pyridine rings is 1. The fourth-order valence-corrected chi connectivity index (χ4v) is 3.29. The van der Waals surface area contributed by atoms with Crippen molar-refractivity contribution in [2.24, 2.45) is 0 Å². The van der Waals surface area contributed by atoms with Gasteiger partial charge in [0.25, 0.3) is 5.91 Å². The molecule has 0 atom stereocenters. The zero-order valence-electron chi connectivity index (χ0n) is 15.6. The highest BCUT2D eigenvalue weighted by Gasteiger charge is 2.12. The van der Waals surface area contributed by atoms with Gasteiger partial charge in [-0.1, -0.05) is 6.07 Å². The fourth-order valence-electron chi connectivity index (χ4n) is 3.29. The molecule has 1 aromatic carbocycles. The standard InChI is InChI=1S/C20H23N5O3/c26-19(16-5-7-17(8-6-16)23-12-14-28-15-13-23)21-9-3-11-25-20(27)24-10-2-1-4-18(24)22-25/h1-2,4-8,10H,3,9,11-15H2,(H,21,26). The first-order chi connectivity index (χ1) is 13.7. The average Bonchev–Trinajstić information content (AvgIpc) is 3.07. The highest BCUT2D eigenvalue weighted by Crippen LogP contribution is 2.16. The van der Waals surface area contributed by atoms with Gasteiger partial charge in [0.15, 0.2) is 5.65 Å². The summed E-state index contributed by atoms with van der Waals surface area (Å²) >= 11 is 0. The lowest BCUT2D eigenvalue weighted by molar-refractivity contribution is 0.0952. The van der Waals surface area contributed by atoms with Gasteiger partial charge in [0.1, 0.15) is 0 Å². The highest BCUT2D eigenvalue weighted by atomic mass is 16.5. The second-order valence-corrected chi connectivity index (χ2v) is 6.69. The van der Waals surface area contributed by atoms with Gasteiger partial charge in [0.2, 0.25) is 0 Å². The Bertz CT molecular complexity index is 1000. The molecule has 1 saturated heterocycles. The van der Waals surface area contributed by atoms with Crippen molar-refractivity contribution >= 4 is 17.2 Å². The molecule has 28 heavy (non-hydrogen) atoms. The first-order valence-electron chi connectivity index (χ1n) is 9.47. The molecule has 3 heterocycles. The number of aryl methyl sites for hydroxylation is 1. The van der Waals surface area contributed by atoms with Crippen molar-refractivity contribution in [1.82, 2.24) is 19.5 Å². The summed E-state index contributed by atoms with van der Waals surface area (Å²) in [5.41, 5.74) is 2.19. The van der Waals surface area contributed by atoms with Crippen molar-refractivity contribution in [3.63, 3.8) is 0 Å². The van der Waals surface area contributed by atoms with Gasteiger partial charge in [0.05, 0.1) is 13.2 Å². The third-order valence-electron chi connectivity index (χ3n) is 4.83. The molecule has 0 unspecified atom stereocenters. The number of nitrogens with one attached hydrogen (secondary N) is 1. The van der Waals surface area contributed by atoms with Crippen molar-refractivity contribution in [3.05, 3.63) is 64.7 Å². The Kier molecular flexibility index (Phi) is 5.38. The summed E-state index contributed by atoms with van der Waals surface area (Å²) < 4.78 is 8.30. The summed E-state index contributed by atoms with van der Waals surface area (Å²) in [7, 11) is 0. The molecular weight excluding hydrogens is 358 g/mol. The van der Waals surface area contributed by atoms with Gasteiger partial charge in [-0.15, -0.1) is 5.10 Å². The number of carbonyl (C=O) groups is 1. The average molecular weight is 381 g/mol. The van der Waals surface area contributed by atoms with E-state index in [1.54, 1.807) is 18.3 Å². The Morgan fingerprint density at radius 3 is 2.64 bits per heavy atom. The number of ether oxygens (including phenoxy) is 1. The van der Waals surface area contributed by atoms with E-state index >= 15 is 0 Å². The molecule has 146 valence electrons. The molecule has 1 N–H and O–H groups in total. The highest BCUT2D eigenvalue weighted by molar-refractivity contribution is 5.94. The Morgan fingerprint density at radius 2 is 1.89 bits per heavy atom. The minimum Gasteiger partial charge on any atom is -0.378 e. The first-order valence-corrected chi connectivity index (χ1v) is 9.47. The van der Waals surface area contributed by atoms with Crippen molar-refractivity contribution in [3.8, 4) is 0 Å². The largest absolute Gasteiger partial charge is 0.378 e. The lowest BCUT2D eigenvalue weighted by atomic mass is 10.1. The number of rotatable bonds is 6. The maximum absolute atomic E-state index is 12.3. The number of carbonyl (C=O) groups excluding carboxylic acids is 1. The molecule has 1 aliphatic rings. The van der Waals surface area contributed by atoms with Gasteiger partial charge in [-0.25, -0.2) is 9.48 Å². The van der Waals surface area contributed by atoms with Crippen molar-refractivity contribution in [1.29, 1.82) is 0 Å². The topological polar surface area (TPSA) is 80.9 Å². The molecule has 1 amide bonds. The zero-order valence-corrected chi connectivity index (χ0v) is 15.6. The quantitative estimate of drug-likeness (QED) is 0.648. The molecule has 0 saturated carbocycles. The van der Waals surface area contributed by atoms with Gasteiger partial charge < -0.3 is 15.0 Å². The smallest absolute Gasteiger partial charge is 0.350 e. The summed E-state index contributed by atoms with van der Waals surface area (Å²) in [5, 5.41) is 7.18. The second-order valence-electron chi connectivity index (χ2n) is 6.69. The van der Waals surface area contributed by atoms with Crippen LogP contribution in [0.5, 0.6) is 0 Å². The third-order valence-corrected chi connectivity index (χ3v) is 4.83. The van der Waals surface area contributed by atoms with Gasteiger partial charge in [-0.3, -0.25) is 9.20 Å². The van der Waals surface area contributed by atoms with Gasteiger partial charge in [0, 0.05) is 43.6 Å². The Hall–Kier alpha value is -3.13. The number of hydrogen-bond donors (Lipinski definition) is 1. The van der Waals surface area contributed by atoms with E-state index in [1.807, 2.05) is 30.3 Å². The van der Waals surface area contributed by atoms with E-state index in [2.05, 4.69) is 15.3 Å². The van der Waals surface area contributed by atoms with E-state index in [0.29, 0.717) is 30.7 Å². The number of amides is 1. The van der Waals surface area contributed by atoms with Gasteiger partial charge >= 0.3 is 5.69 Å². The lowest BCUT2D eigenvalue weighted by Gasteiger charge is -2.28. The fraction of sp³-hybridized carbons (Fsp3) is 0.350. The van der Waals surface area contributed by atoms with Crippen LogP contribution in [-0.2, 0) is 11.3 Å². The number of hydrogen-bond acceptors (Lipinski definition) is 5. The third kappa shape index (κ3) is 3.91. The van der Waals surface area contributed by atoms with Crippen LogP contribution in [0.25, 0.3) is 5.65 Å². The number of benzene rings is 1. The van der Waals surface area contributed by atoms with Crippen LogP contribution in [0, 0.1) is 0 Å². The van der Waals surface area contributed by atoms with Crippen molar-refractivity contribution in [2.45, 2.75) is 13.0 Å². The van der Waals surface area contributed by atoms with Crippen LogP contribution in [0.15, 0.2) is 53.5 Å². The molecule has 8 heteroatoms. The monoisotopic (exact) mass is 381 g/mol. The zero-order chi connectivity index (χ0) is 19.3. The Balaban J connectivity index is 1.28. The molecule has 0 spiro atoms. The first kappa shape index (κ1) is 18.2. The van der Waals surface area contributed by atoms with Crippen molar-refractivity contribution < 1.29 is 9.53 Å². The Labute approximate surface area is 162 Å². The molecule has 0 radical (unpaired) electrons. The molecule has 1 aliphatic heterocycles. The minimum absolute atomic E-state index is 0.115. The van der Waals surface area contributed by atoms with Crippen LogP contribution in [-0.4, -0.2) is 52.9 Å². The van der Waals surface area contributed by atoms with Crippen LogP contribution in [0.4, 0.5) is 5.69 Å². The molecule has 1 fully saturated rings. The predicted molar refractivity (Wildman–Crippen MR) is 106 cm³/mol. The molecule has 8 nitrogen and oxygen atoms in total. The van der Waals surface area contributed by atoms with Crippen LogP contribution in [0.2, 0.25) is 0 Å². The van der Waals surface area contributed by atoms with Gasteiger partial charge in [-0.05, 0) is 42.8 Å². The van der Waals surface area contributed by atoms with E-state index in [1.165, 1.54) is 9.08 Å². The van der Waals surface area contributed by atoms with Crippen LogP contribution < -0.4 is 15.9 Å². The van der Waals surface area contributed by atoms with E-state index in [9.17, 15) is 9.59 Å². The summed E-state index contributed by atoms with van der Waals surface area (Å²) in [4.78, 5) is 26.8. The second kappa shape index (κ2) is 8.26. The molecule has 0 aliphatic carbocycles. The van der Waals surface area contributed by atoms with Crippen molar-refractivity contribution in [2.75, 3.05) is 37.7 Å². The molecule has 2 aromatic heterocycles. The van der Waals surface area contributed by atoms with E-state index in [0.717, 1.165) is 32.0 Å². The molecule has 0 bridgehead atoms. The van der Waals surface area contributed by atoms with E-state index in [-0.39, 0.29) is 11.6 Å². The van der Waals surface area contributed by atoms with Crippen LogP contribution in [0.3, 0.4) is 0 Å². The number of aromatic nitrogens is 3. The normalized spacial score (nSPS) is 14.4. The lowest BCUT2D eigenvalue weighted by Crippen LogP contribution is -2.36. The summed E-state index contributed by atoms with van der Waals surface area (Å²) in [6.45, 7) is 4.14. The van der Waals surface area contributed by atoms with Crippen LogP contribution >= 0.6 is 0 Å². The van der Waals surface area contributed by atoms with Gasteiger partial charge in [-0.2, -0.15) is 0 Å². The molecule has 3 aromatic rings. The summed E-state index contributed by atoms with van der Waals surface area (Å²) in [6.07, 6.45) is 2.32. The number of morpholine rings is 1. The number of nitrogens with zero attached hydrogens (tertiary/aromatic N) is 4. The minimum atomic E-state index is -0.166. The number of fused-ring (bicyclic) bond motifs is 1. The summed E-state index contributed by atoms with van der Waals surface area (Å²) in [5.74, 6) is -0.115. The molecule has 4 rings (SSSR count). The molecular formula is C20H23N5O3. The maximum Gasteiger partial charge on any atom is 0.350 e. The van der Waals surface area contributed by atoms with Crippen LogP contribution in [0.1, 0.15) is 16.8 Å². The SMILES string of the molecule is O=C(NCCCn1nc2ccccn2c1=O)c1ccc(N2CCOCC2)cc1. The summed E-state index contributed by atoms with van der Waals surface area (Å²) in [6, 6.07) is 13.0. The Morgan fingerprint density at radius 1 is 1.11 bits per heavy atom. The maximum atomic E-state index is 12.3.